The summed E-state index contributed by atoms with van der Waals surface area (Å²) in [5, 5.41) is 47.5. The van der Waals surface area contributed by atoms with E-state index in [0.717, 1.165) is 0 Å². The number of aliphatic hydroxyl groups excluding tert-OH is 5. The Morgan fingerprint density at radius 2 is 0.875 bits per heavy atom. The van der Waals surface area contributed by atoms with Crippen molar-refractivity contribution < 1.29 is 71.9 Å². The Labute approximate surface area is 133 Å². The third kappa shape index (κ3) is 5.88. The van der Waals surface area contributed by atoms with Crippen LogP contribution < -0.4 is 0 Å². The fourth-order valence-electron chi connectivity index (χ4n) is 1.78. The summed E-state index contributed by atoms with van der Waals surface area (Å²) in [5.41, 5.74) is 0. The first kappa shape index (κ1) is 22.3. The minimum Gasteiger partial charge on any atom is -0.387 e. The second-order valence-corrected chi connectivity index (χ2v) is 8.99. The number of rotatable bonds is 6. The van der Waals surface area contributed by atoms with Crippen LogP contribution in [0.1, 0.15) is 0 Å². The number of phosphoric acid groups is 3. The van der Waals surface area contributed by atoms with E-state index in [4.69, 9.17) is 19.6 Å². The van der Waals surface area contributed by atoms with Crippen molar-refractivity contribution in [3.8, 4) is 0 Å². The Bertz CT molecular complexity index is 536. The van der Waals surface area contributed by atoms with E-state index in [-0.39, 0.29) is 0 Å². The molecule has 9 N–H and O–H groups in total. The molecule has 1 fully saturated rings. The van der Waals surface area contributed by atoms with Crippen molar-refractivity contribution in [3.05, 3.63) is 0 Å². The van der Waals surface area contributed by atoms with Gasteiger partial charge in [-0.2, -0.15) is 8.62 Å². The van der Waals surface area contributed by atoms with E-state index in [0.29, 0.717) is 0 Å². The predicted molar refractivity (Wildman–Crippen MR) is 68.8 cm³/mol. The van der Waals surface area contributed by atoms with E-state index in [1.807, 2.05) is 0 Å². The maximum Gasteiger partial charge on any atom is 0.493 e. The lowest BCUT2D eigenvalue weighted by Crippen LogP contribution is -2.64. The highest BCUT2D eigenvalue weighted by molar-refractivity contribution is 7.66. The molecule has 1 saturated carbocycles. The Hall–Kier alpha value is 0.210. The van der Waals surface area contributed by atoms with E-state index in [1.54, 1.807) is 0 Å². The Morgan fingerprint density at radius 1 is 0.583 bits per heavy atom. The molecule has 0 bridgehead atoms. The third-order valence-corrected chi connectivity index (χ3v) is 6.54. The summed E-state index contributed by atoms with van der Waals surface area (Å²) in [4.78, 5) is 34.4. The highest BCUT2D eigenvalue weighted by Gasteiger charge is 2.54. The Morgan fingerprint density at radius 3 is 1.17 bits per heavy atom. The molecule has 0 aliphatic heterocycles. The van der Waals surface area contributed by atoms with Gasteiger partial charge in [0.2, 0.25) is 0 Å². The normalized spacial score (nSPS) is 35.9. The van der Waals surface area contributed by atoms with Gasteiger partial charge in [-0.1, -0.05) is 0 Å². The quantitative estimate of drug-likeness (QED) is 0.189. The van der Waals surface area contributed by atoms with Crippen LogP contribution in [0.2, 0.25) is 0 Å². The van der Waals surface area contributed by atoms with Crippen molar-refractivity contribution in [2.45, 2.75) is 36.6 Å². The van der Waals surface area contributed by atoms with Gasteiger partial charge < -0.3 is 45.1 Å². The van der Waals surface area contributed by atoms with E-state index < -0.39 is 60.1 Å². The molecule has 0 spiro atoms. The number of hydrogen-bond acceptors (Lipinski definition) is 11. The third-order valence-electron chi connectivity index (χ3n) is 2.74. The van der Waals surface area contributed by atoms with Gasteiger partial charge in [0, 0.05) is 0 Å². The Kier molecular flexibility index (Phi) is 6.90. The fraction of sp³-hybridized carbons (Fsp3) is 1.00. The van der Waals surface area contributed by atoms with Gasteiger partial charge in [-0.05, 0) is 0 Å². The zero-order valence-electron chi connectivity index (χ0n) is 11.3. The summed E-state index contributed by atoms with van der Waals surface area (Å²) in [7, 11) is -17.3. The molecule has 1 rings (SSSR count). The molecule has 1 aliphatic carbocycles. The molecule has 1 aliphatic rings. The minimum absolute atomic E-state index is 2.08. The monoisotopic (exact) mass is 420 g/mol. The average Bonchev–Trinajstić information content (AvgIpc) is 2.35. The van der Waals surface area contributed by atoms with Gasteiger partial charge in [-0.25, -0.2) is 13.7 Å². The van der Waals surface area contributed by atoms with Crippen LogP contribution in [0.5, 0.6) is 0 Å². The second-order valence-electron chi connectivity index (χ2n) is 4.61. The molecule has 0 aromatic carbocycles. The molecule has 0 aromatic rings. The lowest BCUT2D eigenvalue weighted by Gasteiger charge is -2.41. The molecule has 144 valence electrons. The van der Waals surface area contributed by atoms with Crippen molar-refractivity contribution in [1.82, 2.24) is 0 Å². The lowest BCUT2D eigenvalue weighted by atomic mass is 9.85. The zero-order valence-corrected chi connectivity index (χ0v) is 14.0. The lowest BCUT2D eigenvalue weighted by molar-refractivity contribution is -0.219. The van der Waals surface area contributed by atoms with Crippen LogP contribution >= 0.6 is 23.5 Å². The first-order valence-corrected chi connectivity index (χ1v) is 10.3. The predicted octanol–water partition coefficient (Wildman–Crippen LogP) is -3.48. The van der Waals surface area contributed by atoms with Crippen LogP contribution in [0, 0.1) is 0 Å². The number of aliphatic hydroxyl groups is 5. The summed E-state index contributed by atoms with van der Waals surface area (Å²) >= 11 is 0. The first-order chi connectivity index (χ1) is 10.6. The van der Waals surface area contributed by atoms with Gasteiger partial charge >= 0.3 is 23.5 Å². The van der Waals surface area contributed by atoms with Gasteiger partial charge in [-0.3, -0.25) is 4.52 Å². The first-order valence-electron chi connectivity index (χ1n) is 5.79. The Balaban J connectivity index is 3.15. The van der Waals surface area contributed by atoms with E-state index in [9.17, 15) is 39.2 Å². The van der Waals surface area contributed by atoms with E-state index in [2.05, 4.69) is 13.1 Å². The largest absolute Gasteiger partial charge is 0.493 e. The molecule has 24 heavy (non-hydrogen) atoms. The average molecular weight is 420 g/mol. The van der Waals surface area contributed by atoms with Crippen LogP contribution in [-0.2, 0) is 26.8 Å². The van der Waals surface area contributed by atoms with E-state index in [1.165, 1.54) is 0 Å². The van der Waals surface area contributed by atoms with Crippen LogP contribution in [0.25, 0.3) is 0 Å². The maximum atomic E-state index is 12.0. The minimum atomic E-state index is -5.83. The summed E-state index contributed by atoms with van der Waals surface area (Å²) in [6, 6.07) is 0. The van der Waals surface area contributed by atoms with Crippen molar-refractivity contribution in [2.24, 2.45) is 0 Å². The topological polar surface area (TPSA) is 261 Å². The summed E-state index contributed by atoms with van der Waals surface area (Å²) in [6.45, 7) is 0. The zero-order chi connectivity index (χ0) is 19.1. The molecule has 0 radical (unpaired) electrons. The molecular weight excluding hydrogens is 405 g/mol. The number of hydrogen-bond donors (Lipinski definition) is 9. The smallest absolute Gasteiger partial charge is 0.387 e. The molecule has 0 aromatic heterocycles. The van der Waals surface area contributed by atoms with Crippen LogP contribution in [-0.4, -0.2) is 81.7 Å². The maximum absolute atomic E-state index is 12.0. The molecule has 4 unspecified atom stereocenters. The van der Waals surface area contributed by atoms with Crippen LogP contribution in [0.4, 0.5) is 0 Å². The van der Waals surface area contributed by atoms with Gasteiger partial charge in [0.15, 0.2) is 0 Å². The summed E-state index contributed by atoms with van der Waals surface area (Å²) < 4.78 is 44.8. The van der Waals surface area contributed by atoms with Gasteiger partial charge in [-0.15, -0.1) is 0 Å². The summed E-state index contributed by atoms with van der Waals surface area (Å²) in [6.07, 6.45) is -13.5. The van der Waals surface area contributed by atoms with Gasteiger partial charge in [0.1, 0.15) is 36.6 Å². The van der Waals surface area contributed by atoms with Crippen molar-refractivity contribution >= 4 is 23.5 Å². The van der Waals surface area contributed by atoms with Gasteiger partial charge in [0.25, 0.3) is 0 Å². The second kappa shape index (κ2) is 7.45. The molecule has 0 amide bonds. The van der Waals surface area contributed by atoms with Crippen LogP contribution in [0.15, 0.2) is 0 Å². The summed E-state index contributed by atoms with van der Waals surface area (Å²) in [5.74, 6) is 0. The fourth-order valence-corrected chi connectivity index (χ4v) is 5.11. The molecule has 18 heteroatoms. The van der Waals surface area contributed by atoms with Gasteiger partial charge in [0.05, 0.1) is 0 Å². The van der Waals surface area contributed by atoms with Crippen molar-refractivity contribution in [1.29, 1.82) is 0 Å². The SMILES string of the molecule is O=P(O)(O)OP(=O)(OC1C(O)C(O)C(O)C(O)C1O)OP(=O)(O)O. The highest BCUT2D eigenvalue weighted by Crippen LogP contribution is 2.68. The standard InChI is InChI=1S/C6H15O15P3/c7-1-2(8)4(10)6(5(11)3(1)9)19-24(18,20-22(12,13)14)21-23(15,16)17/h1-11H,(H2,12,13,14)(H2,15,16,17). The van der Waals surface area contributed by atoms with Crippen molar-refractivity contribution in [2.75, 3.05) is 0 Å². The molecular formula is C6H15O15P3. The molecule has 0 heterocycles. The molecule has 4 atom stereocenters. The highest BCUT2D eigenvalue weighted by atomic mass is 31.3. The van der Waals surface area contributed by atoms with E-state index >= 15 is 0 Å². The molecule has 15 nitrogen and oxygen atoms in total. The van der Waals surface area contributed by atoms with Crippen molar-refractivity contribution in [3.63, 3.8) is 0 Å². The van der Waals surface area contributed by atoms with Crippen LogP contribution in [0.3, 0.4) is 0 Å². The molecule has 0 saturated heterocycles.